The monoisotopic (exact) mass is 389 g/mol. The molecule has 0 aliphatic carbocycles. The van der Waals surface area contributed by atoms with Gasteiger partial charge < -0.3 is 24.6 Å². The molecule has 0 unspecified atom stereocenters. The fraction of sp³-hybridized carbons (Fsp3) is 0.550. The third-order valence-corrected chi connectivity index (χ3v) is 5.15. The van der Waals surface area contributed by atoms with Gasteiger partial charge in [-0.3, -0.25) is 9.59 Å². The molecule has 3 rings (SSSR count). The number of amides is 3. The Morgan fingerprint density at radius 2 is 2.11 bits per heavy atom. The maximum atomic E-state index is 12.6. The molecule has 8 nitrogen and oxygen atoms in total. The summed E-state index contributed by atoms with van der Waals surface area (Å²) in [5.74, 6) is 0.107. The van der Waals surface area contributed by atoms with Gasteiger partial charge in [-0.25, -0.2) is 4.79 Å². The average Bonchev–Trinajstić information content (AvgIpc) is 3.08. The van der Waals surface area contributed by atoms with Gasteiger partial charge in [-0.15, -0.1) is 0 Å². The van der Waals surface area contributed by atoms with Crippen molar-refractivity contribution < 1.29 is 23.9 Å². The van der Waals surface area contributed by atoms with Gasteiger partial charge in [0.05, 0.1) is 25.7 Å². The lowest BCUT2D eigenvalue weighted by molar-refractivity contribution is -0.149. The van der Waals surface area contributed by atoms with Crippen molar-refractivity contribution >= 4 is 23.6 Å². The number of nitrogens with zero attached hydrogens (tertiary/aromatic N) is 2. The number of hydrogen-bond donors (Lipinski definition) is 1. The van der Waals surface area contributed by atoms with Crippen LogP contribution in [0.5, 0.6) is 5.75 Å². The maximum Gasteiger partial charge on any atom is 0.317 e. The van der Waals surface area contributed by atoms with E-state index in [1.165, 1.54) is 0 Å². The molecule has 0 aromatic heterocycles. The molecule has 1 N–H and O–H groups in total. The van der Waals surface area contributed by atoms with Crippen LogP contribution < -0.4 is 15.0 Å². The molecule has 2 heterocycles. The van der Waals surface area contributed by atoms with Gasteiger partial charge in [-0.1, -0.05) is 6.07 Å². The van der Waals surface area contributed by atoms with Gasteiger partial charge in [-0.05, 0) is 31.9 Å². The second-order valence-corrected chi connectivity index (χ2v) is 7.09. The third-order valence-electron chi connectivity index (χ3n) is 5.15. The van der Waals surface area contributed by atoms with Gasteiger partial charge in [0.2, 0.25) is 5.91 Å². The van der Waals surface area contributed by atoms with Crippen molar-refractivity contribution in [2.75, 3.05) is 38.3 Å². The Balaban J connectivity index is 1.57. The number of urea groups is 1. The van der Waals surface area contributed by atoms with E-state index < -0.39 is 0 Å². The number of anilines is 1. The minimum Gasteiger partial charge on any atom is -0.497 e. The molecule has 2 atom stereocenters. The lowest BCUT2D eigenvalue weighted by Crippen LogP contribution is -2.50. The van der Waals surface area contributed by atoms with E-state index in [4.69, 9.17) is 9.47 Å². The third kappa shape index (κ3) is 4.55. The summed E-state index contributed by atoms with van der Waals surface area (Å²) in [7, 11) is 1.58. The number of hydrogen-bond acceptors (Lipinski definition) is 5. The summed E-state index contributed by atoms with van der Waals surface area (Å²) in [4.78, 5) is 40.3. The van der Waals surface area contributed by atoms with E-state index in [9.17, 15) is 14.4 Å². The van der Waals surface area contributed by atoms with Crippen molar-refractivity contribution in [2.45, 2.75) is 32.2 Å². The molecule has 2 saturated heterocycles. The van der Waals surface area contributed by atoms with E-state index in [1.54, 1.807) is 29.9 Å². The fourth-order valence-electron chi connectivity index (χ4n) is 3.71. The highest BCUT2D eigenvalue weighted by atomic mass is 16.5. The Kier molecular flexibility index (Phi) is 6.38. The number of carbonyl (C=O) groups excluding carboxylic acids is 3. The highest BCUT2D eigenvalue weighted by Crippen LogP contribution is 2.26. The zero-order valence-corrected chi connectivity index (χ0v) is 16.3. The summed E-state index contributed by atoms with van der Waals surface area (Å²) in [6.07, 6.45) is 1.74. The van der Waals surface area contributed by atoms with E-state index in [1.807, 2.05) is 18.2 Å². The predicted octanol–water partition coefficient (Wildman–Crippen LogP) is 1.79. The van der Waals surface area contributed by atoms with Gasteiger partial charge in [-0.2, -0.15) is 0 Å². The van der Waals surface area contributed by atoms with Gasteiger partial charge in [0.25, 0.3) is 0 Å². The highest BCUT2D eigenvalue weighted by molar-refractivity contribution is 5.97. The summed E-state index contributed by atoms with van der Waals surface area (Å²) in [5, 5.41) is 2.94. The summed E-state index contributed by atoms with van der Waals surface area (Å²) in [5.41, 5.74) is 0.751. The number of rotatable bonds is 5. The summed E-state index contributed by atoms with van der Waals surface area (Å²) < 4.78 is 10.3. The van der Waals surface area contributed by atoms with Crippen LogP contribution in [0.3, 0.4) is 0 Å². The normalized spacial score (nSPS) is 22.1. The van der Waals surface area contributed by atoms with Crippen LogP contribution in [-0.4, -0.2) is 62.2 Å². The lowest BCUT2D eigenvalue weighted by atomic mass is 9.98. The first kappa shape index (κ1) is 20.0. The molecule has 2 aliphatic rings. The Hall–Kier alpha value is -2.77. The van der Waals surface area contributed by atoms with E-state index in [0.717, 1.165) is 18.5 Å². The summed E-state index contributed by atoms with van der Waals surface area (Å²) in [6.45, 7) is 3.47. The summed E-state index contributed by atoms with van der Waals surface area (Å²) in [6, 6.07) is 6.79. The smallest absolute Gasteiger partial charge is 0.317 e. The van der Waals surface area contributed by atoms with Crippen molar-refractivity contribution in [3.05, 3.63) is 24.3 Å². The van der Waals surface area contributed by atoms with E-state index in [-0.39, 0.29) is 36.3 Å². The minimum absolute atomic E-state index is 0.0402. The van der Waals surface area contributed by atoms with Crippen LogP contribution in [0.25, 0.3) is 0 Å². The Bertz CT molecular complexity index is 738. The van der Waals surface area contributed by atoms with Crippen LogP contribution in [0.1, 0.15) is 26.2 Å². The Labute approximate surface area is 164 Å². The number of benzene rings is 1. The van der Waals surface area contributed by atoms with Crippen molar-refractivity contribution in [2.24, 2.45) is 5.92 Å². The molecule has 0 saturated carbocycles. The van der Waals surface area contributed by atoms with Gasteiger partial charge in [0.1, 0.15) is 5.75 Å². The Morgan fingerprint density at radius 1 is 1.29 bits per heavy atom. The highest BCUT2D eigenvalue weighted by Gasteiger charge is 2.34. The predicted molar refractivity (Wildman–Crippen MR) is 103 cm³/mol. The molecule has 0 radical (unpaired) electrons. The number of methoxy groups -OCH3 is 1. The largest absolute Gasteiger partial charge is 0.497 e. The second-order valence-electron chi connectivity index (χ2n) is 7.09. The molecule has 1 aromatic rings. The Morgan fingerprint density at radius 3 is 2.86 bits per heavy atom. The standard InChI is InChI=1S/C20H27N3O5/c1-3-28-19(25)14-6-5-9-22(12-14)20(26)21-15-10-18(24)23(13-15)16-7-4-8-17(11-16)27-2/h4,7-8,11,14-15H,3,5-6,9-10,12-13H2,1-2H3,(H,21,26)/t14-,15-/m0/s1. The molecule has 1 aromatic carbocycles. The van der Waals surface area contributed by atoms with Gasteiger partial charge in [0.15, 0.2) is 0 Å². The van der Waals surface area contributed by atoms with E-state index >= 15 is 0 Å². The number of likely N-dealkylation sites (tertiary alicyclic amines) is 1. The molecule has 0 spiro atoms. The first-order chi connectivity index (χ1) is 13.5. The van der Waals surface area contributed by atoms with Crippen LogP contribution in [0.4, 0.5) is 10.5 Å². The molecular formula is C20H27N3O5. The van der Waals surface area contributed by atoms with Gasteiger partial charge in [0, 0.05) is 37.8 Å². The van der Waals surface area contributed by atoms with Crippen molar-refractivity contribution in [1.29, 1.82) is 0 Å². The fourth-order valence-corrected chi connectivity index (χ4v) is 3.71. The quantitative estimate of drug-likeness (QED) is 0.776. The molecule has 2 aliphatic heterocycles. The number of esters is 1. The second kappa shape index (κ2) is 8.95. The first-order valence-corrected chi connectivity index (χ1v) is 9.68. The number of ether oxygens (including phenoxy) is 2. The molecule has 2 fully saturated rings. The molecule has 3 amide bonds. The van der Waals surface area contributed by atoms with Crippen molar-refractivity contribution in [3.8, 4) is 5.75 Å². The average molecular weight is 389 g/mol. The number of piperidine rings is 1. The zero-order valence-electron chi connectivity index (χ0n) is 16.3. The van der Waals surface area contributed by atoms with Crippen LogP contribution in [0.15, 0.2) is 24.3 Å². The lowest BCUT2D eigenvalue weighted by Gasteiger charge is -2.32. The van der Waals surface area contributed by atoms with Crippen molar-refractivity contribution in [1.82, 2.24) is 10.2 Å². The number of carbonyl (C=O) groups is 3. The van der Waals surface area contributed by atoms with Crippen LogP contribution >= 0.6 is 0 Å². The SMILES string of the molecule is CCOC(=O)[C@H]1CCCN(C(=O)N[C@H]2CC(=O)N(c3cccc(OC)c3)C2)C1. The maximum absolute atomic E-state index is 12.6. The summed E-state index contributed by atoms with van der Waals surface area (Å²) >= 11 is 0. The zero-order chi connectivity index (χ0) is 20.1. The molecule has 152 valence electrons. The first-order valence-electron chi connectivity index (χ1n) is 9.68. The number of nitrogens with one attached hydrogen (secondary N) is 1. The molecule has 0 bridgehead atoms. The minimum atomic E-state index is -0.280. The van der Waals surface area contributed by atoms with E-state index in [2.05, 4.69) is 5.32 Å². The molecular weight excluding hydrogens is 362 g/mol. The molecule has 8 heteroatoms. The van der Waals surface area contributed by atoms with Crippen LogP contribution in [0, 0.1) is 5.92 Å². The van der Waals surface area contributed by atoms with Gasteiger partial charge >= 0.3 is 12.0 Å². The van der Waals surface area contributed by atoms with Crippen molar-refractivity contribution in [3.63, 3.8) is 0 Å². The van der Waals surface area contributed by atoms with Crippen LogP contribution in [-0.2, 0) is 14.3 Å². The van der Waals surface area contributed by atoms with Crippen LogP contribution in [0.2, 0.25) is 0 Å². The van der Waals surface area contributed by atoms with E-state index in [0.29, 0.717) is 32.0 Å². The topological polar surface area (TPSA) is 88.2 Å². The molecule has 28 heavy (non-hydrogen) atoms.